The van der Waals surface area contributed by atoms with Crippen molar-refractivity contribution in [1.82, 2.24) is 20.0 Å². The number of halogens is 1. The Morgan fingerprint density at radius 3 is 2.62 bits per heavy atom. The molecule has 21 heavy (non-hydrogen) atoms. The first-order chi connectivity index (χ1) is 9.87. The molecule has 5 nitrogen and oxygen atoms in total. The number of aromatic nitrogens is 4. The van der Waals surface area contributed by atoms with Crippen molar-refractivity contribution in [3.63, 3.8) is 0 Å². The average molecular weight is 369 g/mol. The van der Waals surface area contributed by atoms with E-state index in [1.165, 1.54) is 0 Å². The van der Waals surface area contributed by atoms with Gasteiger partial charge < -0.3 is 4.74 Å². The third kappa shape index (κ3) is 4.72. The third-order valence-electron chi connectivity index (χ3n) is 3.17. The van der Waals surface area contributed by atoms with E-state index in [1.807, 2.05) is 17.7 Å². The van der Waals surface area contributed by atoms with E-state index in [1.54, 1.807) is 12.4 Å². The highest BCUT2D eigenvalue weighted by Crippen LogP contribution is 2.25. The van der Waals surface area contributed by atoms with Gasteiger partial charge in [0, 0.05) is 20.2 Å². The van der Waals surface area contributed by atoms with E-state index >= 15 is 0 Å². The number of nitrogens with zero attached hydrogens (tertiary/aromatic N) is 4. The number of hydrogen-bond acceptors (Lipinski definition) is 4. The molecule has 0 spiro atoms. The van der Waals surface area contributed by atoms with Crippen LogP contribution in [0.25, 0.3) is 11.3 Å². The molecule has 0 aliphatic carbocycles. The minimum atomic E-state index is -1.06. The van der Waals surface area contributed by atoms with Gasteiger partial charge in [0.25, 0.3) is 0 Å². The lowest BCUT2D eigenvalue weighted by atomic mass is 10.1. The molecule has 7 heteroatoms. The summed E-state index contributed by atoms with van der Waals surface area (Å²) < 4.78 is 8.44. The van der Waals surface area contributed by atoms with Gasteiger partial charge in [-0.15, -0.1) is 0 Å². The summed E-state index contributed by atoms with van der Waals surface area (Å²) in [7, 11) is -1.06. The molecule has 0 aliphatic heterocycles. The maximum absolute atomic E-state index is 5.79. The molecule has 2 rings (SSSR count). The number of aryl methyl sites for hydroxylation is 1. The Morgan fingerprint density at radius 1 is 1.24 bits per heavy atom. The van der Waals surface area contributed by atoms with Crippen LogP contribution in [0, 0.1) is 6.92 Å². The summed E-state index contributed by atoms with van der Waals surface area (Å²) in [5.41, 5.74) is 3.08. The van der Waals surface area contributed by atoms with Crippen LogP contribution >= 0.6 is 15.9 Å². The predicted molar refractivity (Wildman–Crippen MR) is 89.8 cm³/mol. The van der Waals surface area contributed by atoms with Crippen LogP contribution in [0.3, 0.4) is 0 Å². The lowest BCUT2D eigenvalue weighted by molar-refractivity contribution is 0.0795. The van der Waals surface area contributed by atoms with Crippen LogP contribution in [0.2, 0.25) is 25.7 Å². The van der Waals surface area contributed by atoms with Crippen LogP contribution in [0.15, 0.2) is 23.1 Å². The molecule has 0 unspecified atom stereocenters. The van der Waals surface area contributed by atoms with Gasteiger partial charge in [0.2, 0.25) is 0 Å². The zero-order chi connectivity index (χ0) is 15.5. The SMILES string of the molecule is Cc1cnncc1-c1cc(Br)nn1COCC[Si](C)(C)C. The van der Waals surface area contributed by atoms with Crippen molar-refractivity contribution >= 4 is 24.0 Å². The van der Waals surface area contributed by atoms with Crippen LogP contribution in [-0.2, 0) is 11.5 Å². The monoisotopic (exact) mass is 368 g/mol. The van der Waals surface area contributed by atoms with Gasteiger partial charge in [0.1, 0.15) is 11.3 Å². The third-order valence-corrected chi connectivity index (χ3v) is 5.26. The summed E-state index contributed by atoms with van der Waals surface area (Å²) in [6.07, 6.45) is 3.52. The van der Waals surface area contributed by atoms with Gasteiger partial charge in [-0.05, 0) is 40.5 Å². The summed E-state index contributed by atoms with van der Waals surface area (Å²) in [5, 5.41) is 12.3. The molecule has 0 fully saturated rings. The van der Waals surface area contributed by atoms with Crippen molar-refractivity contribution in [2.45, 2.75) is 39.3 Å². The Kier molecular flexibility index (Phi) is 5.29. The van der Waals surface area contributed by atoms with Crippen LogP contribution < -0.4 is 0 Å². The van der Waals surface area contributed by atoms with E-state index in [0.29, 0.717) is 6.73 Å². The fraction of sp³-hybridized carbons (Fsp3) is 0.500. The van der Waals surface area contributed by atoms with Crippen LogP contribution in [0.1, 0.15) is 5.56 Å². The second kappa shape index (κ2) is 6.80. The standard InChI is InChI=1S/C14H21BrN4OSi/c1-11-8-16-17-9-12(11)13-7-14(15)18-19(13)10-20-5-6-21(2,3)4/h7-9H,5-6,10H2,1-4H3. The summed E-state index contributed by atoms with van der Waals surface area (Å²) in [6.45, 7) is 10.3. The normalized spacial score (nSPS) is 11.9. The molecule has 2 heterocycles. The first-order valence-corrected chi connectivity index (χ1v) is 11.5. The molecule has 2 aromatic rings. The summed E-state index contributed by atoms with van der Waals surface area (Å²) in [5.74, 6) is 0. The largest absolute Gasteiger partial charge is 0.360 e. The minimum absolute atomic E-state index is 0.452. The van der Waals surface area contributed by atoms with Crippen LogP contribution in [-0.4, -0.2) is 34.7 Å². The molecule has 0 atom stereocenters. The van der Waals surface area contributed by atoms with Crippen LogP contribution in [0.4, 0.5) is 0 Å². The lowest BCUT2D eigenvalue weighted by Gasteiger charge is -2.16. The predicted octanol–water partition coefficient (Wildman–Crippen LogP) is 3.72. The number of ether oxygens (including phenoxy) is 1. The van der Waals surface area contributed by atoms with E-state index in [0.717, 1.165) is 34.1 Å². The van der Waals surface area contributed by atoms with Gasteiger partial charge in [-0.3, -0.25) is 0 Å². The molecule has 0 aromatic carbocycles. The Bertz CT molecular complexity index is 609. The molecule has 0 aliphatic rings. The lowest BCUT2D eigenvalue weighted by Crippen LogP contribution is -2.22. The molecular weight excluding hydrogens is 348 g/mol. The second-order valence-electron chi connectivity index (χ2n) is 6.29. The molecule has 0 N–H and O–H groups in total. The molecule has 0 amide bonds. The quantitative estimate of drug-likeness (QED) is 0.575. The zero-order valence-corrected chi connectivity index (χ0v) is 15.5. The van der Waals surface area contributed by atoms with E-state index in [2.05, 4.69) is 50.9 Å². The number of rotatable bonds is 6. The smallest absolute Gasteiger partial charge is 0.140 e. The highest BCUT2D eigenvalue weighted by atomic mass is 79.9. The molecule has 0 bridgehead atoms. The molecule has 0 radical (unpaired) electrons. The van der Waals surface area contributed by atoms with Crippen molar-refractivity contribution in [1.29, 1.82) is 0 Å². The highest BCUT2D eigenvalue weighted by Gasteiger charge is 2.14. The zero-order valence-electron chi connectivity index (χ0n) is 12.9. The first kappa shape index (κ1) is 16.3. The summed E-state index contributed by atoms with van der Waals surface area (Å²) in [4.78, 5) is 0. The van der Waals surface area contributed by atoms with Crippen molar-refractivity contribution in [3.8, 4) is 11.3 Å². The minimum Gasteiger partial charge on any atom is -0.360 e. The van der Waals surface area contributed by atoms with Crippen molar-refractivity contribution in [2.75, 3.05) is 6.61 Å². The van der Waals surface area contributed by atoms with E-state index < -0.39 is 8.07 Å². The Morgan fingerprint density at radius 2 is 1.95 bits per heavy atom. The molecule has 2 aromatic heterocycles. The first-order valence-electron chi connectivity index (χ1n) is 6.95. The van der Waals surface area contributed by atoms with Crippen molar-refractivity contribution in [2.24, 2.45) is 0 Å². The molecule has 0 saturated carbocycles. The maximum atomic E-state index is 5.79. The second-order valence-corrected chi connectivity index (χ2v) is 12.7. The average Bonchev–Trinajstić information content (AvgIpc) is 2.75. The van der Waals surface area contributed by atoms with Gasteiger partial charge in [-0.2, -0.15) is 15.3 Å². The Hall–Kier alpha value is -1.05. The Labute approximate surface area is 134 Å². The molecule has 0 saturated heterocycles. The maximum Gasteiger partial charge on any atom is 0.140 e. The summed E-state index contributed by atoms with van der Waals surface area (Å²) in [6, 6.07) is 3.13. The van der Waals surface area contributed by atoms with Gasteiger partial charge in [-0.1, -0.05) is 19.6 Å². The van der Waals surface area contributed by atoms with Gasteiger partial charge >= 0.3 is 0 Å². The Balaban J connectivity index is 2.09. The van der Waals surface area contributed by atoms with E-state index in [-0.39, 0.29) is 0 Å². The fourth-order valence-electron chi connectivity index (χ4n) is 1.88. The van der Waals surface area contributed by atoms with Crippen molar-refractivity contribution in [3.05, 3.63) is 28.6 Å². The highest BCUT2D eigenvalue weighted by molar-refractivity contribution is 9.10. The number of hydrogen-bond donors (Lipinski definition) is 0. The van der Waals surface area contributed by atoms with Crippen molar-refractivity contribution < 1.29 is 4.74 Å². The van der Waals surface area contributed by atoms with E-state index in [9.17, 15) is 0 Å². The van der Waals surface area contributed by atoms with E-state index in [4.69, 9.17) is 4.74 Å². The van der Waals surface area contributed by atoms with Gasteiger partial charge in [-0.25, -0.2) is 4.68 Å². The van der Waals surface area contributed by atoms with Gasteiger partial charge in [0.05, 0.1) is 18.1 Å². The molecule has 114 valence electrons. The van der Waals surface area contributed by atoms with Gasteiger partial charge in [0.15, 0.2) is 0 Å². The summed E-state index contributed by atoms with van der Waals surface area (Å²) >= 11 is 3.43. The topological polar surface area (TPSA) is 52.8 Å². The fourth-order valence-corrected chi connectivity index (χ4v) is 3.05. The van der Waals surface area contributed by atoms with Crippen LogP contribution in [0.5, 0.6) is 0 Å². The molecular formula is C14H21BrN4OSi.